The molecule has 0 aromatic carbocycles. The fourth-order valence-corrected chi connectivity index (χ4v) is 9.76. The van der Waals surface area contributed by atoms with Gasteiger partial charge in [-0.15, -0.1) is 0 Å². The third-order valence-electron chi connectivity index (χ3n) is 12.5. The molecule has 0 aromatic heterocycles. The van der Waals surface area contributed by atoms with Gasteiger partial charge >= 0.3 is 7.75 Å². The summed E-state index contributed by atoms with van der Waals surface area (Å²) in [6, 6.07) is 0. The predicted molar refractivity (Wildman–Crippen MR) is 251 cm³/mol. The first kappa shape index (κ1) is 56.1. The number of rotatable bonds is 48. The van der Waals surface area contributed by atoms with Gasteiger partial charge in [-0.25, -0.2) is 9.65 Å². The summed E-state index contributed by atoms with van der Waals surface area (Å²) in [5.74, 6) is 0.921. The molecule has 1 N–H and O–H groups in total. The summed E-state index contributed by atoms with van der Waals surface area (Å²) in [5.41, 5.74) is 0. The molecule has 0 saturated heterocycles. The Morgan fingerprint density at radius 2 is 0.643 bits per heavy atom. The molecule has 0 bridgehead atoms. The summed E-state index contributed by atoms with van der Waals surface area (Å²) in [5, 5.41) is 3.38. The van der Waals surface area contributed by atoms with Gasteiger partial charge < -0.3 is 4.90 Å². The Morgan fingerprint density at radius 1 is 0.393 bits per heavy atom. The second-order valence-corrected chi connectivity index (χ2v) is 19.6. The zero-order chi connectivity index (χ0) is 41.1. The van der Waals surface area contributed by atoms with Gasteiger partial charge in [-0.2, -0.15) is 0 Å². The zero-order valence-electron chi connectivity index (χ0n) is 39.5. The van der Waals surface area contributed by atoms with Crippen molar-refractivity contribution in [3.63, 3.8) is 0 Å². The number of nitrogens with zero attached hydrogens (tertiary/aromatic N) is 1. The number of unbranched alkanes of at least 4 members (excludes halogenated alkanes) is 28. The molecule has 0 amide bonds. The van der Waals surface area contributed by atoms with Gasteiger partial charge in [0.1, 0.15) is 0 Å². The van der Waals surface area contributed by atoms with Crippen molar-refractivity contribution < 1.29 is 13.6 Å². The van der Waals surface area contributed by atoms with Crippen LogP contribution in [0.5, 0.6) is 0 Å². The second-order valence-electron chi connectivity index (χ2n) is 17.8. The Hall–Kier alpha value is 0.0700. The van der Waals surface area contributed by atoms with Crippen LogP contribution in [0.1, 0.15) is 273 Å². The third-order valence-corrected chi connectivity index (χ3v) is 14.0. The monoisotopic (exact) mass is 813 g/mol. The zero-order valence-corrected chi connectivity index (χ0v) is 40.4. The van der Waals surface area contributed by atoms with E-state index in [9.17, 15) is 4.57 Å². The molecule has 0 heterocycles. The first-order valence-electron chi connectivity index (χ1n) is 25.8. The molecule has 0 aliphatic heterocycles. The predicted octanol–water partition coefficient (Wildman–Crippen LogP) is 17.4. The maximum Gasteiger partial charge on any atom is 0.405 e. The van der Waals surface area contributed by atoms with Crippen LogP contribution >= 0.6 is 7.75 Å². The minimum Gasteiger partial charge on any atom is -0.303 e. The van der Waals surface area contributed by atoms with Gasteiger partial charge in [-0.1, -0.05) is 247 Å². The van der Waals surface area contributed by atoms with Crippen LogP contribution in [0.4, 0.5) is 0 Å². The lowest BCUT2D eigenvalue weighted by molar-refractivity contribution is 0.139. The molecule has 56 heavy (non-hydrogen) atoms. The van der Waals surface area contributed by atoms with Gasteiger partial charge in [-0.05, 0) is 50.6 Å². The highest BCUT2D eigenvalue weighted by molar-refractivity contribution is 7.51. The normalized spacial score (nSPS) is 12.3. The van der Waals surface area contributed by atoms with E-state index in [4.69, 9.17) is 9.05 Å². The van der Waals surface area contributed by atoms with Crippen molar-refractivity contribution in [2.45, 2.75) is 273 Å². The van der Waals surface area contributed by atoms with Gasteiger partial charge in [0, 0.05) is 13.1 Å². The molecule has 0 unspecified atom stereocenters. The van der Waals surface area contributed by atoms with Crippen LogP contribution in [-0.2, 0) is 13.6 Å². The number of likely N-dealkylation sites (N-methyl/N-ethyl adjacent to an activating group) is 1. The molecular weight excluding hydrogens is 708 g/mol. The topological polar surface area (TPSA) is 50.8 Å². The summed E-state index contributed by atoms with van der Waals surface area (Å²) in [7, 11) is -3.42. The van der Waals surface area contributed by atoms with E-state index in [1.807, 2.05) is 0 Å². The van der Waals surface area contributed by atoms with Crippen LogP contribution in [0.2, 0.25) is 0 Å². The van der Waals surface area contributed by atoms with Gasteiger partial charge in [0.15, 0.2) is 0 Å². The van der Waals surface area contributed by atoms with E-state index in [1.165, 1.54) is 231 Å². The van der Waals surface area contributed by atoms with Gasteiger partial charge in [0.2, 0.25) is 0 Å². The smallest absolute Gasteiger partial charge is 0.303 e. The largest absolute Gasteiger partial charge is 0.405 e. The van der Waals surface area contributed by atoms with E-state index in [0.717, 1.165) is 19.6 Å². The third kappa shape index (κ3) is 38.3. The lowest BCUT2D eigenvalue weighted by Crippen LogP contribution is -2.32. The molecule has 0 spiro atoms. The minimum absolute atomic E-state index is 0.460. The molecule has 0 aliphatic carbocycles. The Morgan fingerprint density at radius 3 is 0.893 bits per heavy atom. The average Bonchev–Trinajstić information content (AvgIpc) is 3.21. The van der Waals surface area contributed by atoms with Gasteiger partial charge in [0.25, 0.3) is 0 Å². The molecule has 0 saturated carbocycles. The van der Waals surface area contributed by atoms with E-state index in [1.54, 1.807) is 0 Å². The Balaban J connectivity index is 5.45. The quantitative estimate of drug-likeness (QED) is 0.0490. The first-order valence-corrected chi connectivity index (χ1v) is 27.4. The van der Waals surface area contributed by atoms with Gasteiger partial charge in [-0.3, -0.25) is 9.05 Å². The van der Waals surface area contributed by atoms with Crippen molar-refractivity contribution in [3.8, 4) is 0 Å². The lowest BCUT2D eigenvalue weighted by Gasteiger charge is -2.26. The molecule has 0 aromatic rings. The summed E-state index contributed by atoms with van der Waals surface area (Å²) in [6.07, 6.45) is 47.8. The maximum atomic E-state index is 14.6. The fraction of sp³-hybridized carbons (Fsp3) is 1.00. The summed E-state index contributed by atoms with van der Waals surface area (Å²) in [4.78, 5) is 2.39. The molecule has 338 valence electrons. The molecular formula is C50H105N2O3P. The van der Waals surface area contributed by atoms with Crippen molar-refractivity contribution >= 4 is 7.75 Å². The highest BCUT2D eigenvalue weighted by Gasteiger charge is 2.28. The molecule has 0 rings (SSSR count). The van der Waals surface area contributed by atoms with E-state index < -0.39 is 7.75 Å². The standard InChI is InChI=1S/C50H105N2O3P/c1-7-13-17-21-25-29-33-37-41-49(42-38-34-30-26-22-18-14-8-2)47-54-56(53,51-45-46-52(11-5)12-6)55-48-50(43-39-35-31-27-23-19-15-9-3)44-40-36-32-28-24-20-16-10-4/h49-50H,7-48H2,1-6H3,(H,51,53). The van der Waals surface area contributed by atoms with Crippen molar-refractivity contribution in [2.75, 3.05) is 39.4 Å². The van der Waals surface area contributed by atoms with Crippen LogP contribution in [0.3, 0.4) is 0 Å². The molecule has 5 nitrogen and oxygen atoms in total. The Labute approximate surface area is 354 Å². The molecule has 0 fully saturated rings. The van der Waals surface area contributed by atoms with Gasteiger partial charge in [0.05, 0.1) is 13.2 Å². The fourth-order valence-electron chi connectivity index (χ4n) is 8.31. The second kappa shape index (κ2) is 44.6. The van der Waals surface area contributed by atoms with E-state index in [2.05, 4.69) is 51.5 Å². The molecule has 0 aliphatic rings. The van der Waals surface area contributed by atoms with Crippen molar-refractivity contribution in [1.29, 1.82) is 0 Å². The van der Waals surface area contributed by atoms with Crippen LogP contribution < -0.4 is 5.09 Å². The van der Waals surface area contributed by atoms with Crippen molar-refractivity contribution in [3.05, 3.63) is 0 Å². The van der Waals surface area contributed by atoms with Crippen LogP contribution in [0.15, 0.2) is 0 Å². The number of hydrogen-bond acceptors (Lipinski definition) is 4. The maximum absolute atomic E-state index is 14.6. The average molecular weight is 813 g/mol. The van der Waals surface area contributed by atoms with E-state index >= 15 is 0 Å². The molecule has 6 heteroatoms. The number of hydrogen-bond donors (Lipinski definition) is 1. The summed E-state index contributed by atoms with van der Waals surface area (Å²) in [6.45, 7) is 18.2. The van der Waals surface area contributed by atoms with Crippen LogP contribution in [0, 0.1) is 11.8 Å². The van der Waals surface area contributed by atoms with E-state index in [-0.39, 0.29) is 0 Å². The molecule has 0 radical (unpaired) electrons. The first-order chi connectivity index (χ1) is 27.5. The highest BCUT2D eigenvalue weighted by atomic mass is 31.2. The lowest BCUT2D eigenvalue weighted by atomic mass is 9.94. The minimum atomic E-state index is -3.42. The number of nitrogens with one attached hydrogen (secondary N) is 1. The Bertz CT molecular complexity index is 702. The van der Waals surface area contributed by atoms with E-state index in [0.29, 0.717) is 31.6 Å². The molecule has 0 atom stereocenters. The van der Waals surface area contributed by atoms with Crippen LogP contribution in [0.25, 0.3) is 0 Å². The van der Waals surface area contributed by atoms with Crippen molar-refractivity contribution in [2.24, 2.45) is 11.8 Å². The Kier molecular flexibility index (Phi) is 44.7. The summed E-state index contributed by atoms with van der Waals surface area (Å²) >= 11 is 0. The summed E-state index contributed by atoms with van der Waals surface area (Å²) < 4.78 is 27.7. The van der Waals surface area contributed by atoms with Crippen molar-refractivity contribution in [1.82, 2.24) is 9.99 Å². The van der Waals surface area contributed by atoms with Crippen LogP contribution in [-0.4, -0.2) is 44.3 Å². The highest BCUT2D eigenvalue weighted by Crippen LogP contribution is 2.45. The SMILES string of the molecule is CCCCCCCCCCC(CCCCCCCCCC)COP(=O)(NCCN(CC)CC)OCC(CCCCCCCCCC)CCCCCCCCCC.